The molecule has 0 fully saturated rings. The fraction of sp³-hybridized carbons (Fsp3) is 0.762. The fourth-order valence-electron chi connectivity index (χ4n) is 3.43. The second-order valence-electron chi connectivity index (χ2n) is 8.73. The summed E-state index contributed by atoms with van der Waals surface area (Å²) >= 11 is 0. The van der Waals surface area contributed by atoms with Gasteiger partial charge < -0.3 is 66.7 Å². The molecule has 0 rings (SSSR count). The Hall–Kier alpha value is -3.73. The van der Waals surface area contributed by atoms with E-state index in [0.717, 1.165) is 12.8 Å². The van der Waals surface area contributed by atoms with Gasteiger partial charge in [0.2, 0.25) is 0 Å². The molecule has 0 aliphatic heterocycles. The van der Waals surface area contributed by atoms with Crippen molar-refractivity contribution >= 4 is 30.0 Å². The summed E-state index contributed by atoms with van der Waals surface area (Å²) in [7, 11) is 0. The van der Waals surface area contributed by atoms with Gasteiger partial charge in [0.25, 0.3) is 0 Å². The number of carbonyl (C=O) groups is 3. The van der Waals surface area contributed by atoms with Crippen LogP contribution < -0.4 is 66.7 Å². The predicted octanol–water partition coefficient (Wildman–Crippen LogP) is -3.45. The number of urea groups is 3. The van der Waals surface area contributed by atoms with Gasteiger partial charge in [-0.3, -0.25) is 9.98 Å². The Morgan fingerprint density at radius 1 is 0.605 bits per heavy atom. The average molecular weight is 545 g/mol. The summed E-state index contributed by atoms with van der Waals surface area (Å²) < 4.78 is 0. The number of nitrogens with two attached hydrogens (primary N) is 7. The van der Waals surface area contributed by atoms with Crippen molar-refractivity contribution in [3.63, 3.8) is 0 Å². The van der Waals surface area contributed by atoms with Gasteiger partial charge in [-0.05, 0) is 45.1 Å². The van der Waals surface area contributed by atoms with E-state index in [1.165, 1.54) is 0 Å². The Labute approximate surface area is 223 Å². The van der Waals surface area contributed by atoms with E-state index in [1.54, 1.807) is 0 Å². The zero-order valence-electron chi connectivity index (χ0n) is 22.1. The Morgan fingerprint density at radius 3 is 1.50 bits per heavy atom. The summed E-state index contributed by atoms with van der Waals surface area (Å²) in [4.78, 5) is 44.0. The number of unbranched alkanes of at least 4 members (excludes halogenated alkanes) is 1. The van der Waals surface area contributed by atoms with Crippen LogP contribution in [-0.2, 0) is 0 Å². The molecule has 220 valence electrons. The van der Waals surface area contributed by atoms with Gasteiger partial charge in [-0.1, -0.05) is 6.42 Å². The van der Waals surface area contributed by atoms with E-state index in [1.807, 2.05) is 0 Å². The number of carbonyl (C=O) groups excluding carboxylic acids is 3. The van der Waals surface area contributed by atoms with Crippen molar-refractivity contribution < 1.29 is 14.4 Å². The largest absolute Gasteiger partial charge is 0.370 e. The summed E-state index contributed by atoms with van der Waals surface area (Å²) in [5.41, 5.74) is 37.8. The molecule has 0 aromatic heterocycles. The smallest absolute Gasteiger partial charge is 0.315 e. The third kappa shape index (κ3) is 20.5. The summed E-state index contributed by atoms with van der Waals surface area (Å²) in [5.74, 6) is -0.00834. The maximum absolute atomic E-state index is 12.5. The number of hydrogen-bond donors (Lipinski definition) is 12. The Kier molecular flexibility index (Phi) is 19.3. The molecule has 0 unspecified atom stereocenters. The third-order valence-corrected chi connectivity index (χ3v) is 5.34. The van der Waals surface area contributed by atoms with E-state index in [2.05, 4.69) is 36.6 Å². The molecule has 19 N–H and O–H groups in total. The molecule has 0 aromatic rings. The molecule has 17 heteroatoms. The first-order valence-corrected chi connectivity index (χ1v) is 12.7. The highest BCUT2D eigenvalue weighted by molar-refractivity contribution is 5.76. The monoisotopic (exact) mass is 544 g/mol. The van der Waals surface area contributed by atoms with E-state index in [9.17, 15) is 14.4 Å². The van der Waals surface area contributed by atoms with Gasteiger partial charge in [0.1, 0.15) is 0 Å². The van der Waals surface area contributed by atoms with E-state index in [-0.39, 0.29) is 43.6 Å². The number of primary amides is 1. The minimum Gasteiger partial charge on any atom is -0.370 e. The molecule has 6 amide bonds. The van der Waals surface area contributed by atoms with Crippen molar-refractivity contribution in [2.75, 3.05) is 39.3 Å². The van der Waals surface area contributed by atoms with Crippen molar-refractivity contribution in [1.29, 1.82) is 0 Å². The van der Waals surface area contributed by atoms with Gasteiger partial charge in [0.15, 0.2) is 11.9 Å². The highest BCUT2D eigenvalue weighted by atomic mass is 16.2. The number of nitrogens with one attached hydrogen (secondary N) is 5. The zero-order chi connectivity index (χ0) is 28.8. The van der Waals surface area contributed by atoms with Crippen molar-refractivity contribution in [3.8, 4) is 0 Å². The number of aliphatic imine (C=N–C) groups is 2. The van der Waals surface area contributed by atoms with Gasteiger partial charge in [-0.2, -0.15) is 0 Å². The summed E-state index contributed by atoms with van der Waals surface area (Å²) in [6.45, 7) is 1.92. The molecule has 0 aromatic carbocycles. The normalized spacial score (nSPS) is 12.8. The topological polar surface area (TPSA) is 318 Å². The van der Waals surface area contributed by atoms with Crippen LogP contribution in [0.4, 0.5) is 14.4 Å². The second-order valence-corrected chi connectivity index (χ2v) is 8.73. The van der Waals surface area contributed by atoms with E-state index in [0.29, 0.717) is 51.7 Å². The van der Waals surface area contributed by atoms with Gasteiger partial charge in [0.05, 0.1) is 0 Å². The molecule has 0 radical (unpaired) electrons. The molecule has 0 aliphatic carbocycles. The molecule has 38 heavy (non-hydrogen) atoms. The molecule has 0 aliphatic rings. The molecule has 3 atom stereocenters. The minimum atomic E-state index is -0.707. The van der Waals surface area contributed by atoms with Crippen LogP contribution in [0.2, 0.25) is 0 Å². The lowest BCUT2D eigenvalue weighted by molar-refractivity contribution is 0.227. The molecular weight excluding hydrogens is 496 g/mol. The van der Waals surface area contributed by atoms with Crippen LogP contribution in [0.5, 0.6) is 0 Å². The van der Waals surface area contributed by atoms with Crippen LogP contribution in [-0.4, -0.2) is 87.4 Å². The minimum absolute atomic E-state index is 0.0136. The molecule has 0 bridgehead atoms. The Bertz CT molecular complexity index is 741. The lowest BCUT2D eigenvalue weighted by atomic mass is 10.1. The second kappa shape index (κ2) is 21.4. The highest BCUT2D eigenvalue weighted by Crippen LogP contribution is 2.01. The first kappa shape index (κ1) is 34.3. The maximum Gasteiger partial charge on any atom is 0.315 e. The Balaban J connectivity index is 4.74. The lowest BCUT2D eigenvalue weighted by Crippen LogP contribution is -2.53. The summed E-state index contributed by atoms with van der Waals surface area (Å²) in [6, 6.07) is -2.58. The zero-order valence-corrected chi connectivity index (χ0v) is 22.1. The van der Waals surface area contributed by atoms with E-state index in [4.69, 9.17) is 40.1 Å². The van der Waals surface area contributed by atoms with Crippen molar-refractivity contribution in [1.82, 2.24) is 26.6 Å². The van der Waals surface area contributed by atoms with Gasteiger partial charge >= 0.3 is 18.1 Å². The van der Waals surface area contributed by atoms with Crippen LogP contribution in [0.15, 0.2) is 9.98 Å². The van der Waals surface area contributed by atoms with Crippen LogP contribution in [0.25, 0.3) is 0 Å². The van der Waals surface area contributed by atoms with Gasteiger partial charge in [-0.25, -0.2) is 14.4 Å². The number of rotatable bonds is 20. The number of nitrogens with zero attached hydrogens (tertiary/aromatic N) is 2. The van der Waals surface area contributed by atoms with E-state index >= 15 is 0 Å². The van der Waals surface area contributed by atoms with Crippen molar-refractivity contribution in [2.45, 2.75) is 63.1 Å². The third-order valence-electron chi connectivity index (χ3n) is 5.34. The van der Waals surface area contributed by atoms with Crippen LogP contribution in [0.1, 0.15) is 44.9 Å². The lowest BCUT2D eigenvalue weighted by Gasteiger charge is -2.23. The fourth-order valence-corrected chi connectivity index (χ4v) is 3.43. The molecule has 0 heterocycles. The quantitative estimate of drug-likeness (QED) is 0.0411. The summed E-state index contributed by atoms with van der Waals surface area (Å²) in [6.07, 6.45) is 4.47. The van der Waals surface area contributed by atoms with Crippen molar-refractivity contribution in [3.05, 3.63) is 0 Å². The van der Waals surface area contributed by atoms with Crippen LogP contribution in [0, 0.1) is 0 Å². The first-order chi connectivity index (χ1) is 18.1. The molecular formula is C21H48N14O3. The maximum atomic E-state index is 12.5. The van der Waals surface area contributed by atoms with Gasteiger partial charge in [-0.15, -0.1) is 0 Å². The summed E-state index contributed by atoms with van der Waals surface area (Å²) in [5, 5.41) is 13.7. The SMILES string of the molecule is NCCCC[C@@H](CNC(=O)N[C@H](CN)CCCN=C(N)N)NC(=O)NC[C@H](CCCN=C(N)N)NC(N)=O. The average Bonchev–Trinajstić information content (AvgIpc) is 2.84. The highest BCUT2D eigenvalue weighted by Gasteiger charge is 2.17. The predicted molar refractivity (Wildman–Crippen MR) is 149 cm³/mol. The van der Waals surface area contributed by atoms with Crippen LogP contribution in [0.3, 0.4) is 0 Å². The first-order valence-electron chi connectivity index (χ1n) is 12.7. The number of hydrogen-bond acceptors (Lipinski definition) is 7. The number of guanidine groups is 2. The van der Waals surface area contributed by atoms with E-state index < -0.39 is 24.1 Å². The molecule has 0 saturated carbocycles. The van der Waals surface area contributed by atoms with Gasteiger partial charge in [0, 0.05) is 50.8 Å². The molecule has 17 nitrogen and oxygen atoms in total. The van der Waals surface area contributed by atoms with Crippen molar-refractivity contribution in [2.24, 2.45) is 50.1 Å². The standard InChI is InChI=1S/C21H48N14O3/c22-8-2-1-5-16(13-32-20(37)34-14(11-23)6-3-9-29-17(24)25)35-21(38)31-12-15(33-19(28)36)7-4-10-30-18(26)27/h14-16H,1-13,22-23H2,(H4,24,25,29)(H4,26,27,30)(H3,28,33,36)(H2,31,35,38)(H2,32,34,37)/t14-,15-,16-/m0/s1. The molecule has 0 saturated heterocycles. The molecule has 0 spiro atoms. The number of amides is 6. The van der Waals surface area contributed by atoms with Crippen LogP contribution >= 0.6 is 0 Å². The Morgan fingerprint density at radius 2 is 1.05 bits per heavy atom.